The largest absolute Gasteiger partial charge is 0.507 e. The lowest BCUT2D eigenvalue weighted by Crippen LogP contribution is -2.22. The standard InChI is InChI=1S/C27H21NO8/c1-33-19-8-7-15(9-21(19)34-13-23(28)31)16-10-24(32)35-22-12-18(30)26-17(29)11-20(36-27(26)25(16)22)14-5-3-2-4-6-14/h2-9,11-12,16,30H,10,13H2,1H3,(H2,28,31). The molecule has 1 atom stereocenters. The second-order valence-electron chi connectivity index (χ2n) is 8.25. The Bertz CT molecular complexity index is 1560. The van der Waals surface area contributed by atoms with Gasteiger partial charge in [0.25, 0.3) is 5.91 Å². The van der Waals surface area contributed by atoms with Gasteiger partial charge in [-0.3, -0.25) is 14.4 Å². The molecule has 0 saturated carbocycles. The zero-order chi connectivity index (χ0) is 25.4. The molecule has 0 radical (unpaired) electrons. The van der Waals surface area contributed by atoms with Crippen molar-refractivity contribution in [1.29, 1.82) is 0 Å². The van der Waals surface area contributed by atoms with Gasteiger partial charge in [-0.15, -0.1) is 0 Å². The zero-order valence-electron chi connectivity index (χ0n) is 19.1. The van der Waals surface area contributed by atoms with E-state index >= 15 is 0 Å². The summed E-state index contributed by atoms with van der Waals surface area (Å²) >= 11 is 0. The van der Waals surface area contributed by atoms with Crippen LogP contribution in [0, 0.1) is 0 Å². The molecule has 1 aromatic heterocycles. The van der Waals surface area contributed by atoms with Crippen LogP contribution in [0.4, 0.5) is 0 Å². The normalized spacial score (nSPS) is 14.7. The molecule has 9 nitrogen and oxygen atoms in total. The van der Waals surface area contributed by atoms with E-state index in [0.717, 1.165) is 0 Å². The first-order chi connectivity index (χ1) is 17.4. The van der Waals surface area contributed by atoms with Gasteiger partial charge in [0.15, 0.2) is 23.5 Å². The molecule has 1 amide bonds. The lowest BCUT2D eigenvalue weighted by Gasteiger charge is -2.26. The lowest BCUT2D eigenvalue weighted by atomic mass is 9.85. The molecule has 0 aliphatic carbocycles. The van der Waals surface area contributed by atoms with Crippen molar-refractivity contribution < 1.29 is 33.3 Å². The molecule has 1 aliphatic rings. The number of nitrogens with two attached hydrogens (primary N) is 1. The van der Waals surface area contributed by atoms with Crippen LogP contribution in [-0.2, 0) is 9.59 Å². The number of primary amides is 1. The summed E-state index contributed by atoms with van der Waals surface area (Å²) in [5.74, 6) is -1.14. The molecule has 0 saturated heterocycles. The minimum absolute atomic E-state index is 0.0184. The maximum Gasteiger partial charge on any atom is 0.312 e. The highest BCUT2D eigenvalue weighted by molar-refractivity contribution is 5.93. The second-order valence-corrected chi connectivity index (χ2v) is 8.25. The van der Waals surface area contributed by atoms with Crippen LogP contribution in [0.3, 0.4) is 0 Å². The van der Waals surface area contributed by atoms with E-state index in [0.29, 0.717) is 28.2 Å². The van der Waals surface area contributed by atoms with Gasteiger partial charge in [0, 0.05) is 29.2 Å². The third-order valence-corrected chi connectivity index (χ3v) is 5.94. The van der Waals surface area contributed by atoms with Crippen molar-refractivity contribution in [3.8, 4) is 34.3 Å². The number of fused-ring (bicyclic) bond motifs is 3. The Balaban J connectivity index is 1.74. The zero-order valence-corrected chi connectivity index (χ0v) is 19.1. The molecule has 3 N–H and O–H groups in total. The smallest absolute Gasteiger partial charge is 0.312 e. The Morgan fingerprint density at radius 1 is 1.08 bits per heavy atom. The van der Waals surface area contributed by atoms with Crippen molar-refractivity contribution in [2.24, 2.45) is 5.73 Å². The van der Waals surface area contributed by atoms with E-state index in [9.17, 15) is 19.5 Å². The third-order valence-electron chi connectivity index (χ3n) is 5.94. The monoisotopic (exact) mass is 487 g/mol. The molecule has 3 aromatic carbocycles. The summed E-state index contributed by atoms with van der Waals surface area (Å²) in [5.41, 5.74) is 6.61. The van der Waals surface area contributed by atoms with E-state index in [1.807, 2.05) is 18.2 Å². The van der Waals surface area contributed by atoms with Crippen LogP contribution in [0.15, 0.2) is 69.9 Å². The Hall–Kier alpha value is -4.79. The van der Waals surface area contributed by atoms with E-state index < -0.39 is 23.2 Å². The molecule has 0 bridgehead atoms. The first-order valence-electron chi connectivity index (χ1n) is 11.0. The number of aromatic hydroxyl groups is 1. The molecule has 36 heavy (non-hydrogen) atoms. The topological polar surface area (TPSA) is 138 Å². The van der Waals surface area contributed by atoms with E-state index in [1.165, 1.54) is 19.2 Å². The van der Waals surface area contributed by atoms with E-state index in [4.69, 9.17) is 24.4 Å². The predicted molar refractivity (Wildman–Crippen MR) is 129 cm³/mol. The van der Waals surface area contributed by atoms with Crippen molar-refractivity contribution in [3.63, 3.8) is 0 Å². The number of hydrogen-bond acceptors (Lipinski definition) is 8. The number of rotatable bonds is 6. The molecule has 0 fully saturated rings. The first kappa shape index (κ1) is 23.0. The maximum atomic E-state index is 13.1. The third kappa shape index (κ3) is 4.11. The number of phenolic OH excluding ortho intramolecular Hbond substituents is 1. The van der Waals surface area contributed by atoms with Crippen molar-refractivity contribution in [3.05, 3.63) is 82.0 Å². The van der Waals surface area contributed by atoms with Gasteiger partial charge in [-0.2, -0.15) is 0 Å². The summed E-state index contributed by atoms with van der Waals surface area (Å²) in [5, 5.41) is 10.6. The Kier molecular flexibility index (Phi) is 5.81. The highest BCUT2D eigenvalue weighted by Crippen LogP contribution is 2.47. The number of phenols is 1. The predicted octanol–water partition coefficient (Wildman–Crippen LogP) is 3.48. The number of esters is 1. The summed E-state index contributed by atoms with van der Waals surface area (Å²) in [4.78, 5) is 36.8. The van der Waals surface area contributed by atoms with Crippen LogP contribution < -0.4 is 25.4 Å². The van der Waals surface area contributed by atoms with Gasteiger partial charge in [-0.25, -0.2) is 0 Å². The minimum Gasteiger partial charge on any atom is -0.507 e. The van der Waals surface area contributed by atoms with Crippen molar-refractivity contribution >= 4 is 22.8 Å². The van der Waals surface area contributed by atoms with Gasteiger partial charge in [-0.05, 0) is 17.7 Å². The maximum absolute atomic E-state index is 13.1. The molecule has 5 rings (SSSR count). The summed E-state index contributed by atoms with van der Waals surface area (Å²) < 4.78 is 22.4. The molecule has 4 aromatic rings. The van der Waals surface area contributed by atoms with Gasteiger partial charge in [-0.1, -0.05) is 36.4 Å². The number of ether oxygens (including phenoxy) is 3. The van der Waals surface area contributed by atoms with Gasteiger partial charge in [0.2, 0.25) is 0 Å². The van der Waals surface area contributed by atoms with Gasteiger partial charge < -0.3 is 29.5 Å². The first-order valence-corrected chi connectivity index (χ1v) is 11.0. The number of carbonyl (C=O) groups is 2. The molecule has 0 spiro atoms. The Morgan fingerprint density at radius 3 is 2.58 bits per heavy atom. The lowest BCUT2D eigenvalue weighted by molar-refractivity contribution is -0.135. The van der Waals surface area contributed by atoms with Crippen molar-refractivity contribution in [1.82, 2.24) is 0 Å². The van der Waals surface area contributed by atoms with Crippen LogP contribution in [-0.4, -0.2) is 30.7 Å². The van der Waals surface area contributed by atoms with E-state index in [1.54, 1.807) is 30.3 Å². The van der Waals surface area contributed by atoms with Crippen LogP contribution in [0.1, 0.15) is 23.5 Å². The van der Waals surface area contributed by atoms with Crippen LogP contribution in [0.25, 0.3) is 22.3 Å². The fourth-order valence-electron chi connectivity index (χ4n) is 4.36. The van der Waals surface area contributed by atoms with Crippen molar-refractivity contribution in [2.45, 2.75) is 12.3 Å². The fraction of sp³-hybridized carbons (Fsp3) is 0.148. The van der Waals surface area contributed by atoms with E-state index in [2.05, 4.69) is 0 Å². The quantitative estimate of drug-likeness (QED) is 0.311. The summed E-state index contributed by atoms with van der Waals surface area (Å²) in [7, 11) is 1.45. The number of amides is 1. The Morgan fingerprint density at radius 2 is 1.86 bits per heavy atom. The van der Waals surface area contributed by atoms with Gasteiger partial charge in [0.05, 0.1) is 13.5 Å². The number of methoxy groups -OCH3 is 1. The average molecular weight is 487 g/mol. The molecule has 1 unspecified atom stereocenters. The van der Waals surface area contributed by atoms with Crippen LogP contribution in [0.5, 0.6) is 23.0 Å². The summed E-state index contributed by atoms with van der Waals surface area (Å²) in [6.07, 6.45) is -0.0618. The number of carbonyl (C=O) groups excluding carboxylic acids is 2. The minimum atomic E-state index is -0.661. The van der Waals surface area contributed by atoms with Gasteiger partial charge >= 0.3 is 5.97 Å². The highest BCUT2D eigenvalue weighted by Gasteiger charge is 2.34. The second kappa shape index (κ2) is 9.10. The average Bonchev–Trinajstić information content (AvgIpc) is 2.86. The summed E-state index contributed by atoms with van der Waals surface area (Å²) in [6, 6.07) is 16.6. The SMILES string of the molecule is COc1ccc(C2CC(=O)Oc3cc(O)c4c(=O)cc(-c5ccccc5)oc4c32)cc1OCC(N)=O. The van der Waals surface area contributed by atoms with Crippen LogP contribution in [0.2, 0.25) is 0 Å². The molecule has 2 heterocycles. The highest BCUT2D eigenvalue weighted by atomic mass is 16.5. The van der Waals surface area contributed by atoms with Crippen molar-refractivity contribution in [2.75, 3.05) is 13.7 Å². The fourth-order valence-corrected chi connectivity index (χ4v) is 4.36. The van der Waals surface area contributed by atoms with E-state index in [-0.39, 0.29) is 41.2 Å². The molecular formula is C27H21NO8. The number of hydrogen-bond donors (Lipinski definition) is 2. The van der Waals surface area contributed by atoms with Crippen LogP contribution >= 0.6 is 0 Å². The summed E-state index contributed by atoms with van der Waals surface area (Å²) in [6.45, 7) is -0.366. The molecule has 9 heteroatoms. The molecule has 182 valence electrons. The molecule has 1 aliphatic heterocycles. The Labute approximate surface area is 204 Å². The molecular weight excluding hydrogens is 466 g/mol. The number of benzene rings is 3. The van der Waals surface area contributed by atoms with Gasteiger partial charge in [0.1, 0.15) is 28.2 Å².